The van der Waals surface area contributed by atoms with Gasteiger partial charge in [-0.1, -0.05) is 6.92 Å². The molecule has 1 unspecified atom stereocenters. The molecule has 0 aliphatic rings. The minimum absolute atomic E-state index is 0.266. The summed E-state index contributed by atoms with van der Waals surface area (Å²) in [5.41, 5.74) is 0. The van der Waals surface area contributed by atoms with Crippen molar-refractivity contribution in [2.45, 2.75) is 39.4 Å². The van der Waals surface area contributed by atoms with Crippen LogP contribution in [0.4, 0.5) is 0 Å². The second-order valence-electron chi connectivity index (χ2n) is 2.65. The Labute approximate surface area is 63.5 Å². The van der Waals surface area contributed by atoms with E-state index in [0.29, 0.717) is 12.7 Å². The maximum absolute atomic E-state index is 5.36. The first-order chi connectivity index (χ1) is 4.70. The molecular formula is C8H18O2. The van der Waals surface area contributed by atoms with Crippen LogP contribution in [0.5, 0.6) is 0 Å². The van der Waals surface area contributed by atoms with E-state index in [1.165, 1.54) is 0 Å². The third-order valence-electron chi connectivity index (χ3n) is 1.40. The van der Waals surface area contributed by atoms with Crippen molar-refractivity contribution in [2.75, 3.05) is 13.7 Å². The average Bonchev–Trinajstić information content (AvgIpc) is 1.90. The number of methoxy groups -OCH3 is 1. The van der Waals surface area contributed by atoms with Gasteiger partial charge in [0.2, 0.25) is 0 Å². The zero-order valence-corrected chi connectivity index (χ0v) is 7.39. The summed E-state index contributed by atoms with van der Waals surface area (Å²) >= 11 is 0. The zero-order chi connectivity index (χ0) is 7.98. The summed E-state index contributed by atoms with van der Waals surface area (Å²) in [6.45, 7) is 6.87. The molecule has 10 heavy (non-hydrogen) atoms. The SMILES string of the molecule is CCC(COC(C)C)OC. The monoisotopic (exact) mass is 146 g/mol. The molecule has 0 saturated heterocycles. The normalized spacial score (nSPS) is 14.1. The third-order valence-corrected chi connectivity index (χ3v) is 1.40. The Balaban J connectivity index is 3.26. The van der Waals surface area contributed by atoms with Crippen molar-refractivity contribution in [1.82, 2.24) is 0 Å². The van der Waals surface area contributed by atoms with Gasteiger partial charge in [0, 0.05) is 7.11 Å². The van der Waals surface area contributed by atoms with Gasteiger partial charge in [-0.15, -0.1) is 0 Å². The number of hydrogen-bond donors (Lipinski definition) is 0. The number of ether oxygens (including phenoxy) is 2. The van der Waals surface area contributed by atoms with Crippen LogP contribution in [0.15, 0.2) is 0 Å². The van der Waals surface area contributed by atoms with E-state index in [2.05, 4.69) is 6.92 Å². The van der Waals surface area contributed by atoms with Crippen LogP contribution < -0.4 is 0 Å². The molecule has 0 N–H and O–H groups in total. The van der Waals surface area contributed by atoms with Crippen LogP contribution in [0, 0.1) is 0 Å². The van der Waals surface area contributed by atoms with E-state index in [1.54, 1.807) is 7.11 Å². The van der Waals surface area contributed by atoms with E-state index >= 15 is 0 Å². The van der Waals surface area contributed by atoms with E-state index < -0.39 is 0 Å². The molecule has 0 aromatic rings. The molecule has 0 aromatic heterocycles. The van der Waals surface area contributed by atoms with Crippen LogP contribution in [0.1, 0.15) is 27.2 Å². The van der Waals surface area contributed by atoms with Gasteiger partial charge in [-0.3, -0.25) is 0 Å². The van der Waals surface area contributed by atoms with Crippen molar-refractivity contribution >= 4 is 0 Å². The smallest absolute Gasteiger partial charge is 0.0802 e. The molecule has 0 rings (SSSR count). The van der Waals surface area contributed by atoms with Crippen molar-refractivity contribution in [3.8, 4) is 0 Å². The summed E-state index contributed by atoms with van der Waals surface area (Å²) in [6, 6.07) is 0. The van der Waals surface area contributed by atoms with Gasteiger partial charge in [-0.05, 0) is 20.3 Å². The van der Waals surface area contributed by atoms with Gasteiger partial charge in [0.15, 0.2) is 0 Å². The predicted octanol–water partition coefficient (Wildman–Crippen LogP) is 1.84. The van der Waals surface area contributed by atoms with Crippen molar-refractivity contribution in [3.05, 3.63) is 0 Å². The fourth-order valence-corrected chi connectivity index (χ4v) is 0.652. The van der Waals surface area contributed by atoms with Gasteiger partial charge in [0.05, 0.1) is 18.8 Å². The molecule has 0 aliphatic carbocycles. The zero-order valence-electron chi connectivity index (χ0n) is 7.39. The lowest BCUT2D eigenvalue weighted by Gasteiger charge is -2.14. The van der Waals surface area contributed by atoms with Crippen LogP contribution in [0.25, 0.3) is 0 Å². The summed E-state index contributed by atoms with van der Waals surface area (Å²) in [7, 11) is 1.72. The Bertz CT molecular complexity index is 67.7. The van der Waals surface area contributed by atoms with E-state index in [4.69, 9.17) is 9.47 Å². The number of rotatable bonds is 5. The van der Waals surface area contributed by atoms with E-state index in [9.17, 15) is 0 Å². The third kappa shape index (κ3) is 4.77. The lowest BCUT2D eigenvalue weighted by atomic mass is 10.3. The molecule has 0 bridgehead atoms. The average molecular weight is 146 g/mol. The highest BCUT2D eigenvalue weighted by Crippen LogP contribution is 1.98. The summed E-state index contributed by atoms with van der Waals surface area (Å²) in [5.74, 6) is 0. The summed E-state index contributed by atoms with van der Waals surface area (Å²) in [5, 5.41) is 0. The first-order valence-electron chi connectivity index (χ1n) is 3.85. The molecule has 0 aliphatic heterocycles. The Kier molecular flexibility index (Phi) is 5.64. The first-order valence-corrected chi connectivity index (χ1v) is 3.85. The van der Waals surface area contributed by atoms with Crippen LogP contribution in [-0.4, -0.2) is 25.9 Å². The summed E-state index contributed by atoms with van der Waals surface area (Å²) < 4.78 is 10.5. The van der Waals surface area contributed by atoms with Crippen LogP contribution in [-0.2, 0) is 9.47 Å². The molecule has 0 fully saturated rings. The van der Waals surface area contributed by atoms with E-state index in [0.717, 1.165) is 6.42 Å². The Morgan fingerprint density at radius 2 is 1.90 bits per heavy atom. The molecule has 62 valence electrons. The largest absolute Gasteiger partial charge is 0.379 e. The Hall–Kier alpha value is -0.0800. The molecule has 0 heterocycles. The minimum atomic E-state index is 0.266. The standard InChI is InChI=1S/C8H18O2/c1-5-8(9-4)6-10-7(2)3/h7-8H,5-6H2,1-4H3. The van der Waals surface area contributed by atoms with Gasteiger partial charge >= 0.3 is 0 Å². The van der Waals surface area contributed by atoms with Crippen LogP contribution in [0.2, 0.25) is 0 Å². The molecule has 0 saturated carbocycles. The Morgan fingerprint density at radius 3 is 2.20 bits per heavy atom. The van der Waals surface area contributed by atoms with Crippen molar-refractivity contribution in [3.63, 3.8) is 0 Å². The highest BCUT2D eigenvalue weighted by Gasteiger charge is 2.04. The molecule has 2 nitrogen and oxygen atoms in total. The topological polar surface area (TPSA) is 18.5 Å². The first kappa shape index (κ1) is 9.92. The summed E-state index contributed by atoms with van der Waals surface area (Å²) in [6.07, 6.45) is 1.59. The van der Waals surface area contributed by atoms with Gasteiger partial charge < -0.3 is 9.47 Å². The quantitative estimate of drug-likeness (QED) is 0.589. The molecule has 0 spiro atoms. The van der Waals surface area contributed by atoms with Gasteiger partial charge in [-0.25, -0.2) is 0 Å². The maximum atomic E-state index is 5.36. The fourth-order valence-electron chi connectivity index (χ4n) is 0.652. The highest BCUT2D eigenvalue weighted by atomic mass is 16.5. The Morgan fingerprint density at radius 1 is 1.30 bits per heavy atom. The maximum Gasteiger partial charge on any atom is 0.0802 e. The van der Waals surface area contributed by atoms with Crippen molar-refractivity contribution in [1.29, 1.82) is 0 Å². The van der Waals surface area contributed by atoms with Gasteiger partial charge in [0.1, 0.15) is 0 Å². The van der Waals surface area contributed by atoms with Crippen LogP contribution in [0.3, 0.4) is 0 Å². The van der Waals surface area contributed by atoms with Gasteiger partial charge in [-0.2, -0.15) is 0 Å². The molecule has 1 atom stereocenters. The fraction of sp³-hybridized carbons (Fsp3) is 1.00. The predicted molar refractivity (Wildman–Crippen MR) is 42.2 cm³/mol. The van der Waals surface area contributed by atoms with E-state index in [1.807, 2.05) is 13.8 Å². The lowest BCUT2D eigenvalue weighted by Crippen LogP contribution is -2.19. The lowest BCUT2D eigenvalue weighted by molar-refractivity contribution is -0.0164. The molecule has 0 radical (unpaired) electrons. The van der Waals surface area contributed by atoms with Crippen molar-refractivity contribution in [2.24, 2.45) is 0 Å². The highest BCUT2D eigenvalue weighted by molar-refractivity contribution is 4.52. The van der Waals surface area contributed by atoms with E-state index in [-0.39, 0.29) is 6.10 Å². The molecular weight excluding hydrogens is 128 g/mol. The minimum Gasteiger partial charge on any atom is -0.379 e. The molecule has 0 amide bonds. The number of hydrogen-bond acceptors (Lipinski definition) is 2. The molecule has 0 aromatic carbocycles. The van der Waals surface area contributed by atoms with Crippen molar-refractivity contribution < 1.29 is 9.47 Å². The van der Waals surface area contributed by atoms with Gasteiger partial charge in [0.25, 0.3) is 0 Å². The second kappa shape index (κ2) is 5.69. The molecule has 2 heteroatoms. The van der Waals surface area contributed by atoms with Crippen LogP contribution >= 0.6 is 0 Å². The second-order valence-corrected chi connectivity index (χ2v) is 2.65. The summed E-state index contributed by atoms with van der Waals surface area (Å²) in [4.78, 5) is 0.